The van der Waals surface area contributed by atoms with Crippen molar-refractivity contribution in [3.63, 3.8) is 0 Å². The van der Waals surface area contributed by atoms with Crippen LogP contribution in [0, 0.1) is 12.8 Å². The van der Waals surface area contributed by atoms with Crippen molar-refractivity contribution in [3.05, 3.63) is 29.3 Å². The number of aryl methyl sites for hydroxylation is 1. The van der Waals surface area contributed by atoms with Gasteiger partial charge in [0.05, 0.1) is 5.56 Å². The van der Waals surface area contributed by atoms with Gasteiger partial charge in [0.1, 0.15) is 5.54 Å². The van der Waals surface area contributed by atoms with Gasteiger partial charge >= 0.3 is 12.2 Å². The second kappa shape index (κ2) is 4.87. The normalized spacial score (nSPS) is 25.9. The summed E-state index contributed by atoms with van der Waals surface area (Å²) in [6.45, 7) is 1.77. The number of fused-ring (bicyclic) bond motifs is 1. The first-order valence-electron chi connectivity index (χ1n) is 7.20. The Morgan fingerprint density at radius 1 is 1.35 bits per heavy atom. The number of halogens is 3. The monoisotopic (exact) mass is 327 g/mol. The van der Waals surface area contributed by atoms with Crippen molar-refractivity contribution in [1.82, 2.24) is 4.90 Å². The molecule has 1 aromatic carbocycles. The van der Waals surface area contributed by atoms with Crippen LogP contribution in [0.2, 0.25) is 0 Å². The van der Waals surface area contributed by atoms with Gasteiger partial charge in [-0.05, 0) is 49.4 Å². The summed E-state index contributed by atoms with van der Waals surface area (Å²) in [5, 5.41) is 2.55. The van der Waals surface area contributed by atoms with Gasteiger partial charge in [-0.25, -0.2) is 4.79 Å². The summed E-state index contributed by atoms with van der Waals surface area (Å²) < 4.78 is 38.2. The highest BCUT2D eigenvalue weighted by atomic mass is 19.4. The molecule has 3 amide bonds. The van der Waals surface area contributed by atoms with E-state index in [1.165, 1.54) is 24.0 Å². The van der Waals surface area contributed by atoms with E-state index >= 15 is 0 Å². The molecular weight excluding hydrogens is 311 g/mol. The van der Waals surface area contributed by atoms with Crippen LogP contribution >= 0.6 is 0 Å². The number of benzene rings is 1. The standard InChI is InChI=1S/C15H16F3N3O2/c1-8-4-10(2-3-11(8)15(16,17)18)20-13(23)21-7-9-5-14(21,6-9)12(19)22/h2-4,9H,5-7H2,1H3,(H2,19,22)(H,20,23). The van der Waals surface area contributed by atoms with Gasteiger partial charge in [0.25, 0.3) is 0 Å². The molecule has 3 aliphatic rings. The maximum atomic E-state index is 12.7. The molecule has 2 bridgehead atoms. The van der Waals surface area contributed by atoms with Gasteiger partial charge in [-0.2, -0.15) is 13.2 Å². The maximum absolute atomic E-state index is 12.7. The van der Waals surface area contributed by atoms with Gasteiger partial charge < -0.3 is 16.0 Å². The minimum Gasteiger partial charge on any atom is -0.368 e. The molecule has 1 aliphatic carbocycles. The highest BCUT2D eigenvalue weighted by molar-refractivity contribution is 5.97. The summed E-state index contributed by atoms with van der Waals surface area (Å²) in [6, 6.07) is 2.88. The number of anilines is 1. The van der Waals surface area contributed by atoms with Gasteiger partial charge in [0.2, 0.25) is 5.91 Å². The molecule has 0 unspecified atom stereocenters. The summed E-state index contributed by atoms with van der Waals surface area (Å²) in [4.78, 5) is 25.3. The Hall–Kier alpha value is -2.25. The average molecular weight is 327 g/mol. The number of urea groups is 1. The van der Waals surface area contributed by atoms with Crippen LogP contribution in [0.4, 0.5) is 23.7 Å². The summed E-state index contributed by atoms with van der Waals surface area (Å²) in [6.07, 6.45) is -3.32. The van der Waals surface area contributed by atoms with Crippen LogP contribution in [-0.4, -0.2) is 28.9 Å². The third-order valence-electron chi connectivity index (χ3n) is 4.70. The van der Waals surface area contributed by atoms with Crippen LogP contribution in [0.15, 0.2) is 18.2 Å². The van der Waals surface area contributed by atoms with E-state index in [9.17, 15) is 22.8 Å². The third-order valence-corrected chi connectivity index (χ3v) is 4.70. The summed E-state index contributed by atoms with van der Waals surface area (Å²) in [5.41, 5.74) is 3.99. The smallest absolute Gasteiger partial charge is 0.368 e. The van der Waals surface area contributed by atoms with E-state index in [2.05, 4.69) is 5.32 Å². The molecule has 5 nitrogen and oxygen atoms in total. The van der Waals surface area contributed by atoms with E-state index in [0.29, 0.717) is 19.4 Å². The Morgan fingerprint density at radius 3 is 2.52 bits per heavy atom. The number of rotatable bonds is 2. The molecule has 2 heterocycles. The summed E-state index contributed by atoms with van der Waals surface area (Å²) >= 11 is 0. The molecule has 8 heteroatoms. The number of nitrogens with two attached hydrogens (primary N) is 1. The highest BCUT2D eigenvalue weighted by Gasteiger charge is 2.61. The molecular formula is C15H16F3N3O2. The predicted molar refractivity (Wildman–Crippen MR) is 76.6 cm³/mol. The van der Waals surface area contributed by atoms with Crippen molar-refractivity contribution in [2.75, 3.05) is 11.9 Å². The maximum Gasteiger partial charge on any atom is 0.416 e. The molecule has 0 aromatic heterocycles. The van der Waals surface area contributed by atoms with Crippen LogP contribution in [0.3, 0.4) is 0 Å². The summed E-state index contributed by atoms with van der Waals surface area (Å²) in [5.74, 6) is -0.271. The number of nitrogens with one attached hydrogen (secondary N) is 1. The lowest BCUT2D eigenvalue weighted by Crippen LogP contribution is -2.58. The van der Waals surface area contributed by atoms with Gasteiger partial charge in [0, 0.05) is 12.2 Å². The number of hydrogen-bond donors (Lipinski definition) is 2. The number of nitrogens with zero attached hydrogens (tertiary/aromatic N) is 1. The molecule has 1 aromatic rings. The number of hydrogen-bond acceptors (Lipinski definition) is 2. The van der Waals surface area contributed by atoms with E-state index in [4.69, 9.17) is 5.73 Å². The van der Waals surface area contributed by atoms with E-state index in [0.717, 1.165) is 6.07 Å². The largest absolute Gasteiger partial charge is 0.416 e. The molecule has 0 radical (unpaired) electrons. The molecule has 2 aliphatic heterocycles. The van der Waals surface area contributed by atoms with Crippen molar-refractivity contribution in [2.45, 2.75) is 31.5 Å². The van der Waals surface area contributed by atoms with Crippen molar-refractivity contribution in [3.8, 4) is 0 Å². The zero-order valence-electron chi connectivity index (χ0n) is 12.4. The first-order valence-corrected chi connectivity index (χ1v) is 7.20. The number of carbonyl (C=O) groups is 2. The van der Waals surface area contributed by atoms with Crippen LogP contribution in [0.25, 0.3) is 0 Å². The van der Waals surface area contributed by atoms with Gasteiger partial charge in [0.15, 0.2) is 0 Å². The van der Waals surface area contributed by atoms with Crippen LogP contribution in [0.1, 0.15) is 24.0 Å². The summed E-state index contributed by atoms with van der Waals surface area (Å²) in [7, 11) is 0. The predicted octanol–water partition coefficient (Wildman–Crippen LogP) is 2.50. The molecule has 0 atom stereocenters. The van der Waals surface area contributed by atoms with Crippen molar-refractivity contribution >= 4 is 17.6 Å². The number of primary amides is 1. The quantitative estimate of drug-likeness (QED) is 0.876. The molecule has 4 rings (SSSR count). The lowest BCUT2D eigenvalue weighted by molar-refractivity contribution is -0.138. The number of alkyl halides is 3. The fraction of sp³-hybridized carbons (Fsp3) is 0.467. The zero-order chi connectivity index (χ0) is 17.0. The van der Waals surface area contributed by atoms with Crippen LogP contribution in [0.5, 0.6) is 0 Å². The van der Waals surface area contributed by atoms with Gasteiger partial charge in [-0.1, -0.05) is 0 Å². The lowest BCUT2D eigenvalue weighted by Gasteiger charge is -2.38. The Bertz CT molecular complexity index is 681. The average Bonchev–Trinajstić information content (AvgIpc) is 2.92. The van der Waals surface area contributed by atoms with Crippen molar-refractivity contribution < 1.29 is 22.8 Å². The molecule has 124 valence electrons. The fourth-order valence-electron chi connectivity index (χ4n) is 3.54. The Labute approximate surface area is 130 Å². The highest BCUT2D eigenvalue weighted by Crippen LogP contribution is 2.50. The Morgan fingerprint density at radius 2 is 2.00 bits per heavy atom. The fourth-order valence-corrected chi connectivity index (χ4v) is 3.54. The zero-order valence-corrected chi connectivity index (χ0v) is 12.4. The molecule has 23 heavy (non-hydrogen) atoms. The van der Waals surface area contributed by atoms with E-state index < -0.39 is 29.2 Å². The minimum atomic E-state index is -4.43. The molecule has 2 saturated heterocycles. The number of carbonyl (C=O) groups excluding carboxylic acids is 2. The van der Waals surface area contributed by atoms with Crippen LogP contribution in [-0.2, 0) is 11.0 Å². The second-order valence-corrected chi connectivity index (χ2v) is 6.24. The number of amides is 3. The van der Waals surface area contributed by atoms with Gasteiger partial charge in [-0.15, -0.1) is 0 Å². The Balaban J connectivity index is 1.77. The minimum absolute atomic E-state index is 0.0191. The Kier molecular flexibility index (Phi) is 3.31. The van der Waals surface area contributed by atoms with E-state index in [-0.39, 0.29) is 17.2 Å². The SMILES string of the molecule is Cc1cc(NC(=O)N2CC3CC2(C(N)=O)C3)ccc1C(F)(F)F. The van der Waals surface area contributed by atoms with E-state index in [1.54, 1.807) is 0 Å². The first-order chi connectivity index (χ1) is 10.6. The topological polar surface area (TPSA) is 75.4 Å². The van der Waals surface area contributed by atoms with Crippen molar-refractivity contribution in [2.24, 2.45) is 11.7 Å². The van der Waals surface area contributed by atoms with Crippen molar-refractivity contribution in [1.29, 1.82) is 0 Å². The van der Waals surface area contributed by atoms with Gasteiger partial charge in [-0.3, -0.25) is 4.79 Å². The first kappa shape index (κ1) is 15.6. The molecule has 3 N–H and O–H groups in total. The second-order valence-electron chi connectivity index (χ2n) is 6.24. The molecule has 0 spiro atoms. The molecule has 3 fully saturated rings. The molecule has 1 saturated carbocycles. The van der Waals surface area contributed by atoms with Crippen LogP contribution < -0.4 is 11.1 Å². The van der Waals surface area contributed by atoms with E-state index in [1.807, 2.05) is 0 Å². The lowest BCUT2D eigenvalue weighted by atomic mass is 9.73. The third kappa shape index (κ3) is 2.42.